The lowest BCUT2D eigenvalue weighted by Crippen LogP contribution is -2.49. The van der Waals surface area contributed by atoms with Gasteiger partial charge in [0.25, 0.3) is 11.5 Å². The highest BCUT2D eigenvalue weighted by molar-refractivity contribution is 6.07. The monoisotopic (exact) mass is 422 g/mol. The minimum atomic E-state index is 0.0281. The Labute approximate surface area is 185 Å². The molecule has 2 aliphatic rings. The fraction of sp³-hybridized carbons (Fsp3) is 0.231. The van der Waals surface area contributed by atoms with Gasteiger partial charge in [-0.15, -0.1) is 0 Å². The van der Waals surface area contributed by atoms with Gasteiger partial charge in [0.15, 0.2) is 0 Å². The van der Waals surface area contributed by atoms with Gasteiger partial charge in [-0.05, 0) is 42.7 Å². The van der Waals surface area contributed by atoms with Crippen LogP contribution in [-0.4, -0.2) is 38.4 Å². The van der Waals surface area contributed by atoms with Gasteiger partial charge in [-0.25, -0.2) is 4.98 Å². The molecule has 2 aliphatic heterocycles. The molecule has 32 heavy (non-hydrogen) atoms. The zero-order valence-corrected chi connectivity index (χ0v) is 17.5. The van der Waals surface area contributed by atoms with Gasteiger partial charge in [0.1, 0.15) is 0 Å². The third kappa shape index (κ3) is 3.11. The Morgan fingerprint density at radius 1 is 0.938 bits per heavy atom. The molecule has 0 aliphatic carbocycles. The summed E-state index contributed by atoms with van der Waals surface area (Å²) in [6, 6.07) is 19.0. The van der Waals surface area contributed by atoms with Crippen LogP contribution in [0.25, 0.3) is 22.2 Å². The summed E-state index contributed by atoms with van der Waals surface area (Å²) in [5.41, 5.74) is 4.28. The second-order valence-electron chi connectivity index (χ2n) is 8.72. The van der Waals surface area contributed by atoms with Crippen LogP contribution in [0.4, 0.5) is 0 Å². The van der Waals surface area contributed by atoms with Crippen molar-refractivity contribution in [2.45, 2.75) is 18.9 Å². The van der Waals surface area contributed by atoms with Crippen molar-refractivity contribution in [3.05, 3.63) is 94.7 Å². The number of amides is 1. The van der Waals surface area contributed by atoms with Gasteiger partial charge in [0.2, 0.25) is 0 Å². The molecule has 1 saturated heterocycles. The van der Waals surface area contributed by atoms with Crippen molar-refractivity contribution in [1.29, 1.82) is 0 Å². The molecule has 1 amide bonds. The number of benzene rings is 1. The van der Waals surface area contributed by atoms with Crippen molar-refractivity contribution < 1.29 is 4.79 Å². The van der Waals surface area contributed by atoms with Crippen LogP contribution in [-0.2, 0) is 6.54 Å². The van der Waals surface area contributed by atoms with Gasteiger partial charge in [-0.1, -0.05) is 24.3 Å². The molecule has 0 N–H and O–H groups in total. The Morgan fingerprint density at radius 3 is 2.66 bits per heavy atom. The minimum Gasteiger partial charge on any atom is -0.338 e. The summed E-state index contributed by atoms with van der Waals surface area (Å²) in [6.45, 7) is 1.96. The molecule has 5 heterocycles. The molecular weight excluding hydrogens is 400 g/mol. The van der Waals surface area contributed by atoms with Crippen LogP contribution in [0.1, 0.15) is 28.4 Å². The first-order chi connectivity index (χ1) is 15.7. The number of nitrogens with zero attached hydrogens (tertiary/aromatic N) is 4. The molecule has 0 saturated carbocycles. The first kappa shape index (κ1) is 18.9. The summed E-state index contributed by atoms with van der Waals surface area (Å²) < 4.78 is 1.89. The van der Waals surface area contributed by atoms with Crippen molar-refractivity contribution in [1.82, 2.24) is 19.4 Å². The van der Waals surface area contributed by atoms with Crippen LogP contribution in [0.3, 0.4) is 0 Å². The topological polar surface area (TPSA) is 68.1 Å². The molecule has 6 rings (SSSR count). The van der Waals surface area contributed by atoms with Crippen molar-refractivity contribution in [3.8, 4) is 11.3 Å². The van der Waals surface area contributed by atoms with Crippen LogP contribution in [0, 0.1) is 5.92 Å². The van der Waals surface area contributed by atoms with Crippen LogP contribution in [0.15, 0.2) is 77.9 Å². The first-order valence-electron chi connectivity index (χ1n) is 11.0. The summed E-state index contributed by atoms with van der Waals surface area (Å²) in [4.78, 5) is 37.0. The Balaban J connectivity index is 1.41. The average Bonchev–Trinajstić information content (AvgIpc) is 2.84. The average molecular weight is 422 g/mol. The molecule has 4 aromatic rings. The maximum Gasteiger partial charge on any atom is 0.254 e. The lowest BCUT2D eigenvalue weighted by atomic mass is 9.83. The molecule has 0 radical (unpaired) electrons. The van der Waals surface area contributed by atoms with Crippen LogP contribution < -0.4 is 5.56 Å². The van der Waals surface area contributed by atoms with E-state index in [0.29, 0.717) is 25.2 Å². The molecule has 2 atom stereocenters. The number of piperidine rings is 1. The molecule has 0 spiro atoms. The fourth-order valence-corrected chi connectivity index (χ4v) is 5.26. The van der Waals surface area contributed by atoms with E-state index in [-0.39, 0.29) is 23.3 Å². The Morgan fingerprint density at radius 2 is 1.78 bits per heavy atom. The van der Waals surface area contributed by atoms with Crippen LogP contribution in [0.2, 0.25) is 0 Å². The third-order valence-corrected chi connectivity index (χ3v) is 6.69. The van der Waals surface area contributed by atoms with Crippen molar-refractivity contribution >= 4 is 16.8 Å². The molecule has 1 aromatic carbocycles. The highest BCUT2D eigenvalue weighted by Gasteiger charge is 2.36. The maximum absolute atomic E-state index is 13.8. The Bertz CT molecular complexity index is 1400. The summed E-state index contributed by atoms with van der Waals surface area (Å²) in [6.07, 6.45) is 4.49. The largest absolute Gasteiger partial charge is 0.338 e. The number of pyridine rings is 3. The lowest BCUT2D eigenvalue weighted by Gasteiger charge is -2.42. The summed E-state index contributed by atoms with van der Waals surface area (Å²) in [7, 11) is 0. The second kappa shape index (κ2) is 7.41. The van der Waals surface area contributed by atoms with Crippen LogP contribution >= 0.6 is 0 Å². The normalized spacial score (nSPS) is 19.6. The minimum absolute atomic E-state index is 0.0281. The zero-order valence-electron chi connectivity index (χ0n) is 17.5. The summed E-state index contributed by atoms with van der Waals surface area (Å²) in [5.74, 6) is 0.506. The molecule has 2 bridgehead atoms. The maximum atomic E-state index is 13.8. The molecule has 0 unspecified atom stereocenters. The molecular formula is C26H22N4O2. The van der Waals surface area contributed by atoms with Gasteiger partial charge in [0.05, 0.1) is 16.8 Å². The number of fused-ring (bicyclic) bond motifs is 5. The number of carbonyl (C=O) groups excluding carboxylic acids is 1. The fourth-order valence-electron chi connectivity index (χ4n) is 5.26. The van der Waals surface area contributed by atoms with Gasteiger partial charge < -0.3 is 9.47 Å². The number of aromatic nitrogens is 3. The SMILES string of the molecule is O=C(c1cc(-c2ccncc2)nc2ccccc12)N1C[C@@H]2C[C@H](C1)c1cccc(=O)n1C2. The quantitative estimate of drug-likeness (QED) is 0.494. The number of hydrogen-bond donors (Lipinski definition) is 0. The van der Waals surface area contributed by atoms with E-state index in [0.717, 1.165) is 34.3 Å². The number of para-hydroxylation sites is 1. The Hall–Kier alpha value is -3.80. The standard InChI is InChI=1S/C26H22N4O2/c31-25-7-3-6-24-19-12-17(15-30(24)25)14-29(16-19)26(32)21-13-23(18-8-10-27-11-9-18)28-22-5-2-1-4-20(21)22/h1-11,13,17,19H,12,14-16H2/t17-,19+/m0/s1. The van der Waals surface area contributed by atoms with Crippen molar-refractivity contribution in [2.24, 2.45) is 5.92 Å². The summed E-state index contributed by atoms with van der Waals surface area (Å²) in [5, 5.41) is 0.864. The van der Waals surface area contributed by atoms with Crippen LogP contribution in [0.5, 0.6) is 0 Å². The van der Waals surface area contributed by atoms with E-state index in [9.17, 15) is 9.59 Å². The number of rotatable bonds is 2. The molecule has 6 nitrogen and oxygen atoms in total. The van der Waals surface area contributed by atoms with E-state index in [1.165, 1.54) is 0 Å². The van der Waals surface area contributed by atoms with Crippen molar-refractivity contribution in [2.75, 3.05) is 13.1 Å². The van der Waals surface area contributed by atoms with E-state index in [2.05, 4.69) is 4.98 Å². The number of hydrogen-bond acceptors (Lipinski definition) is 4. The van der Waals surface area contributed by atoms with E-state index < -0.39 is 0 Å². The van der Waals surface area contributed by atoms with E-state index in [1.807, 2.05) is 64.1 Å². The van der Waals surface area contributed by atoms with Gasteiger partial charge >= 0.3 is 0 Å². The van der Waals surface area contributed by atoms with Gasteiger partial charge in [-0.3, -0.25) is 14.6 Å². The van der Waals surface area contributed by atoms with E-state index in [1.54, 1.807) is 18.5 Å². The van der Waals surface area contributed by atoms with E-state index in [4.69, 9.17) is 4.98 Å². The first-order valence-corrected chi connectivity index (χ1v) is 11.0. The van der Waals surface area contributed by atoms with Gasteiger partial charge in [0, 0.05) is 60.7 Å². The predicted molar refractivity (Wildman–Crippen MR) is 122 cm³/mol. The van der Waals surface area contributed by atoms with E-state index >= 15 is 0 Å². The predicted octanol–water partition coefficient (Wildman–Crippen LogP) is 3.72. The van der Waals surface area contributed by atoms with Gasteiger partial charge in [-0.2, -0.15) is 0 Å². The highest BCUT2D eigenvalue weighted by Crippen LogP contribution is 2.36. The molecule has 158 valence electrons. The lowest BCUT2D eigenvalue weighted by molar-refractivity contribution is 0.0596. The second-order valence-corrected chi connectivity index (χ2v) is 8.72. The third-order valence-electron chi connectivity index (χ3n) is 6.69. The number of likely N-dealkylation sites (tertiary alicyclic amines) is 1. The number of carbonyl (C=O) groups is 1. The Kier molecular flexibility index (Phi) is 4.38. The smallest absolute Gasteiger partial charge is 0.254 e. The molecule has 6 heteroatoms. The zero-order chi connectivity index (χ0) is 21.7. The van der Waals surface area contributed by atoms with Crippen molar-refractivity contribution in [3.63, 3.8) is 0 Å². The molecule has 1 fully saturated rings. The highest BCUT2D eigenvalue weighted by atomic mass is 16.2. The summed E-state index contributed by atoms with van der Waals surface area (Å²) >= 11 is 0. The molecule has 3 aromatic heterocycles.